The Morgan fingerprint density at radius 3 is 2.90 bits per heavy atom. The van der Waals surface area contributed by atoms with Gasteiger partial charge in [0.25, 0.3) is 5.91 Å². The molecule has 1 atom stereocenters. The van der Waals surface area contributed by atoms with E-state index in [-0.39, 0.29) is 11.9 Å². The molecule has 110 valence electrons. The van der Waals surface area contributed by atoms with E-state index < -0.39 is 0 Å². The number of benzene rings is 1. The molecule has 0 bridgehead atoms. The fourth-order valence-electron chi connectivity index (χ4n) is 2.61. The van der Waals surface area contributed by atoms with Crippen LogP contribution in [0.25, 0.3) is 0 Å². The lowest BCUT2D eigenvalue weighted by Gasteiger charge is -2.26. The van der Waals surface area contributed by atoms with Crippen LogP contribution < -0.4 is 5.32 Å². The van der Waals surface area contributed by atoms with Gasteiger partial charge in [-0.2, -0.15) is 0 Å². The summed E-state index contributed by atoms with van der Waals surface area (Å²) in [4.78, 5) is 13.6. The molecule has 5 heteroatoms. The Bertz CT molecular complexity index is 696. The van der Waals surface area contributed by atoms with E-state index in [1.54, 1.807) is 17.8 Å². The second-order valence-electron chi connectivity index (χ2n) is 5.17. The van der Waals surface area contributed by atoms with Crippen LogP contribution in [-0.4, -0.2) is 11.7 Å². The molecule has 1 amide bonds. The number of carbonyl (C=O) groups excluding carboxylic acids is 1. The number of rotatable bonds is 2. The number of amides is 1. The molecule has 1 N–H and O–H groups in total. The molecule has 1 aliphatic rings. The summed E-state index contributed by atoms with van der Waals surface area (Å²) >= 11 is 7.89. The Morgan fingerprint density at radius 1 is 1.38 bits per heavy atom. The van der Waals surface area contributed by atoms with Crippen LogP contribution in [0.15, 0.2) is 33.6 Å². The predicted molar refractivity (Wildman–Crippen MR) is 85.2 cm³/mol. The van der Waals surface area contributed by atoms with Gasteiger partial charge in [-0.3, -0.25) is 4.79 Å². The summed E-state index contributed by atoms with van der Waals surface area (Å²) in [5.74, 6) is 2.30. The van der Waals surface area contributed by atoms with E-state index in [4.69, 9.17) is 16.0 Å². The molecule has 1 aromatic heterocycles. The van der Waals surface area contributed by atoms with Crippen LogP contribution in [-0.2, 0) is 0 Å². The molecule has 0 spiro atoms. The maximum absolute atomic E-state index is 12.4. The zero-order chi connectivity index (χ0) is 15.0. The molecular weight excluding hydrogens is 306 g/mol. The fraction of sp³-hybridized carbons (Fsp3) is 0.312. The smallest absolute Gasteiger partial charge is 0.255 e. The van der Waals surface area contributed by atoms with Crippen LogP contribution in [0.3, 0.4) is 0 Å². The molecule has 0 radical (unpaired) electrons. The van der Waals surface area contributed by atoms with Crippen LogP contribution in [0.1, 0.15) is 39.9 Å². The first-order valence-corrected chi connectivity index (χ1v) is 8.21. The van der Waals surface area contributed by atoms with Crippen molar-refractivity contribution >= 4 is 29.3 Å². The molecule has 3 rings (SSSR count). The SMILES string of the molecule is Cc1cc(C(=O)NC2CCSc3ccc(Cl)cc32)c(C)o1. The van der Waals surface area contributed by atoms with Crippen molar-refractivity contribution in [1.29, 1.82) is 0 Å². The van der Waals surface area contributed by atoms with Crippen molar-refractivity contribution in [3.05, 3.63) is 51.9 Å². The number of carbonyl (C=O) groups is 1. The lowest BCUT2D eigenvalue weighted by molar-refractivity contribution is 0.0933. The molecule has 1 aliphatic heterocycles. The standard InChI is InChI=1S/C16H16ClNO2S/c1-9-7-12(10(2)20-9)16(19)18-14-5-6-21-15-4-3-11(17)8-13(14)15/h3-4,7-8,14H,5-6H2,1-2H3,(H,18,19). The highest BCUT2D eigenvalue weighted by atomic mass is 35.5. The van der Waals surface area contributed by atoms with Gasteiger partial charge in [0.1, 0.15) is 11.5 Å². The number of aryl methyl sites for hydroxylation is 2. The maximum Gasteiger partial charge on any atom is 0.255 e. The largest absolute Gasteiger partial charge is 0.466 e. The fourth-order valence-corrected chi connectivity index (χ4v) is 3.89. The minimum atomic E-state index is -0.0906. The molecule has 0 saturated heterocycles. The second-order valence-corrected chi connectivity index (χ2v) is 6.75. The summed E-state index contributed by atoms with van der Waals surface area (Å²) in [7, 11) is 0. The van der Waals surface area contributed by atoms with Crippen LogP contribution in [0, 0.1) is 13.8 Å². The molecule has 21 heavy (non-hydrogen) atoms. The zero-order valence-electron chi connectivity index (χ0n) is 11.9. The molecule has 1 aromatic carbocycles. The Morgan fingerprint density at radius 2 is 2.19 bits per heavy atom. The molecule has 1 unspecified atom stereocenters. The van der Waals surface area contributed by atoms with E-state index in [9.17, 15) is 4.79 Å². The third-order valence-electron chi connectivity index (χ3n) is 3.60. The number of halogens is 1. The molecule has 0 fully saturated rings. The average molecular weight is 322 g/mol. The molecule has 2 aromatic rings. The van der Waals surface area contributed by atoms with E-state index in [1.165, 1.54) is 4.90 Å². The van der Waals surface area contributed by atoms with Crippen LogP contribution in [0.5, 0.6) is 0 Å². The van der Waals surface area contributed by atoms with Gasteiger partial charge in [-0.05, 0) is 50.1 Å². The highest BCUT2D eigenvalue weighted by Gasteiger charge is 2.24. The highest BCUT2D eigenvalue weighted by molar-refractivity contribution is 7.99. The van der Waals surface area contributed by atoms with Crippen molar-refractivity contribution in [2.75, 3.05) is 5.75 Å². The lowest BCUT2D eigenvalue weighted by Crippen LogP contribution is -2.30. The van der Waals surface area contributed by atoms with Crippen molar-refractivity contribution < 1.29 is 9.21 Å². The van der Waals surface area contributed by atoms with E-state index in [2.05, 4.69) is 5.32 Å². The summed E-state index contributed by atoms with van der Waals surface area (Å²) in [5, 5.41) is 3.80. The minimum absolute atomic E-state index is 0.00190. The van der Waals surface area contributed by atoms with Gasteiger partial charge < -0.3 is 9.73 Å². The number of furan rings is 1. The van der Waals surface area contributed by atoms with Gasteiger partial charge in [-0.1, -0.05) is 11.6 Å². The average Bonchev–Trinajstić information content (AvgIpc) is 2.78. The Kier molecular flexibility index (Phi) is 4.00. The third kappa shape index (κ3) is 2.97. The Labute approximate surface area is 133 Å². The summed E-state index contributed by atoms with van der Waals surface area (Å²) in [6.45, 7) is 3.65. The van der Waals surface area contributed by atoms with Crippen molar-refractivity contribution in [2.24, 2.45) is 0 Å². The number of hydrogen-bond donors (Lipinski definition) is 1. The molecule has 3 nitrogen and oxygen atoms in total. The van der Waals surface area contributed by atoms with Gasteiger partial charge in [0.15, 0.2) is 0 Å². The highest BCUT2D eigenvalue weighted by Crippen LogP contribution is 2.37. The number of fused-ring (bicyclic) bond motifs is 1. The van der Waals surface area contributed by atoms with Gasteiger partial charge in [-0.15, -0.1) is 11.8 Å². The second kappa shape index (κ2) is 5.78. The van der Waals surface area contributed by atoms with Gasteiger partial charge in [-0.25, -0.2) is 0 Å². The minimum Gasteiger partial charge on any atom is -0.466 e. The van der Waals surface area contributed by atoms with Gasteiger partial charge in [0.2, 0.25) is 0 Å². The summed E-state index contributed by atoms with van der Waals surface area (Å²) in [6.07, 6.45) is 0.902. The number of nitrogens with one attached hydrogen (secondary N) is 1. The molecular formula is C16H16ClNO2S. The normalized spacial score (nSPS) is 17.4. The molecule has 0 aliphatic carbocycles. The Balaban J connectivity index is 1.85. The van der Waals surface area contributed by atoms with Crippen molar-refractivity contribution in [1.82, 2.24) is 5.32 Å². The topological polar surface area (TPSA) is 42.2 Å². The predicted octanol–water partition coefficient (Wildman–Crippen LogP) is 4.52. The number of thioether (sulfide) groups is 1. The first-order valence-electron chi connectivity index (χ1n) is 6.85. The summed E-state index contributed by atoms with van der Waals surface area (Å²) < 4.78 is 5.43. The monoisotopic (exact) mass is 321 g/mol. The van der Waals surface area contributed by atoms with E-state index in [0.29, 0.717) is 16.3 Å². The van der Waals surface area contributed by atoms with Gasteiger partial charge >= 0.3 is 0 Å². The van der Waals surface area contributed by atoms with E-state index in [0.717, 1.165) is 23.5 Å². The molecule has 2 heterocycles. The van der Waals surface area contributed by atoms with Crippen LogP contribution >= 0.6 is 23.4 Å². The third-order valence-corrected chi connectivity index (χ3v) is 4.96. The Hall–Kier alpha value is -1.39. The number of hydrogen-bond acceptors (Lipinski definition) is 3. The lowest BCUT2D eigenvalue weighted by atomic mass is 10.0. The van der Waals surface area contributed by atoms with Crippen LogP contribution in [0.2, 0.25) is 5.02 Å². The first kappa shape index (κ1) is 14.5. The van der Waals surface area contributed by atoms with Gasteiger partial charge in [0, 0.05) is 15.7 Å². The summed E-state index contributed by atoms with van der Waals surface area (Å²) in [5.41, 5.74) is 1.71. The van der Waals surface area contributed by atoms with Crippen LogP contribution in [0.4, 0.5) is 0 Å². The zero-order valence-corrected chi connectivity index (χ0v) is 13.5. The first-order chi connectivity index (χ1) is 10.0. The van der Waals surface area contributed by atoms with Crippen molar-refractivity contribution in [3.63, 3.8) is 0 Å². The van der Waals surface area contributed by atoms with E-state index in [1.807, 2.05) is 32.0 Å². The molecule has 0 saturated carbocycles. The summed E-state index contributed by atoms with van der Waals surface area (Å²) in [6, 6.07) is 7.64. The van der Waals surface area contributed by atoms with Gasteiger partial charge in [0.05, 0.1) is 11.6 Å². The quantitative estimate of drug-likeness (QED) is 0.884. The van der Waals surface area contributed by atoms with E-state index >= 15 is 0 Å². The maximum atomic E-state index is 12.4. The van der Waals surface area contributed by atoms with Crippen molar-refractivity contribution in [3.8, 4) is 0 Å². The van der Waals surface area contributed by atoms with Crippen molar-refractivity contribution in [2.45, 2.75) is 31.2 Å².